The maximum atomic E-state index is 13.2. The number of benzene rings is 2. The maximum absolute atomic E-state index is 13.2. The normalized spacial score (nSPS) is 22.0. The average molecular weight is 278 g/mol. The van der Waals surface area contributed by atoms with E-state index in [4.69, 9.17) is 4.74 Å². The zero-order valence-corrected chi connectivity index (χ0v) is 11.9. The maximum Gasteiger partial charge on any atom is 0.151 e. The van der Waals surface area contributed by atoms with Crippen LogP contribution in [0.2, 0.25) is 0 Å². The number of Topliss-reactive ketones (excluding diaryl/α,β-unsaturated/α-hetero) is 1. The predicted octanol–water partition coefficient (Wildman–Crippen LogP) is 3.85. The molecule has 0 N–H and O–H groups in total. The van der Waals surface area contributed by atoms with Gasteiger partial charge in [0.1, 0.15) is 5.75 Å². The van der Waals surface area contributed by atoms with Gasteiger partial charge in [0, 0.05) is 5.56 Å². The van der Waals surface area contributed by atoms with Crippen molar-refractivity contribution >= 4 is 5.78 Å². The van der Waals surface area contributed by atoms with Gasteiger partial charge in [0.2, 0.25) is 0 Å². The first-order chi connectivity index (χ1) is 10.3. The summed E-state index contributed by atoms with van der Waals surface area (Å²) in [5.74, 6) is 1.24. The Labute approximate surface area is 124 Å². The Morgan fingerprint density at radius 3 is 2.48 bits per heavy atom. The topological polar surface area (TPSA) is 26.3 Å². The van der Waals surface area contributed by atoms with Crippen LogP contribution in [-0.2, 0) is 10.2 Å². The molecule has 1 atom stereocenters. The van der Waals surface area contributed by atoms with Crippen LogP contribution in [0.3, 0.4) is 0 Å². The molecule has 0 amide bonds. The molecule has 0 aromatic heterocycles. The number of hydrogen-bond donors (Lipinski definition) is 0. The monoisotopic (exact) mass is 278 g/mol. The molecule has 2 aliphatic rings. The summed E-state index contributed by atoms with van der Waals surface area (Å²) in [5.41, 5.74) is 2.01. The standard InChI is InChI=1S/C19H18O2/c20-18(19(11-12-19)14-6-2-1-3-7-14)16-10-13-21-17-9-5-4-8-15(16)17/h1-9,16H,10-13H2. The Morgan fingerprint density at radius 1 is 1.00 bits per heavy atom. The van der Waals surface area contributed by atoms with Gasteiger partial charge >= 0.3 is 0 Å². The first-order valence-corrected chi connectivity index (χ1v) is 7.63. The zero-order chi connectivity index (χ0) is 14.3. The van der Waals surface area contributed by atoms with Crippen molar-refractivity contribution in [2.24, 2.45) is 0 Å². The third kappa shape index (κ3) is 1.98. The largest absolute Gasteiger partial charge is 0.493 e. The van der Waals surface area contributed by atoms with E-state index in [-0.39, 0.29) is 11.3 Å². The number of hydrogen-bond acceptors (Lipinski definition) is 2. The van der Waals surface area contributed by atoms with Crippen LogP contribution in [0.25, 0.3) is 0 Å². The minimum absolute atomic E-state index is 0.0161. The van der Waals surface area contributed by atoms with Crippen LogP contribution in [0, 0.1) is 0 Å². The second kappa shape index (κ2) is 4.73. The van der Waals surface area contributed by atoms with Gasteiger partial charge in [-0.05, 0) is 30.9 Å². The van der Waals surface area contributed by atoms with E-state index in [9.17, 15) is 4.79 Å². The number of ketones is 1. The molecular weight excluding hydrogens is 260 g/mol. The summed E-state index contributed by atoms with van der Waals surface area (Å²) < 4.78 is 5.69. The zero-order valence-electron chi connectivity index (χ0n) is 11.9. The van der Waals surface area contributed by atoms with Crippen molar-refractivity contribution in [3.8, 4) is 5.75 Å². The predicted molar refractivity (Wildman–Crippen MR) is 81.7 cm³/mol. The van der Waals surface area contributed by atoms with Crippen molar-refractivity contribution in [1.82, 2.24) is 0 Å². The van der Waals surface area contributed by atoms with Gasteiger partial charge in [0.15, 0.2) is 5.78 Å². The fourth-order valence-corrected chi connectivity index (χ4v) is 3.51. The van der Waals surface area contributed by atoms with Gasteiger partial charge in [-0.25, -0.2) is 0 Å². The van der Waals surface area contributed by atoms with E-state index in [1.165, 1.54) is 5.56 Å². The molecule has 2 heteroatoms. The molecule has 0 radical (unpaired) electrons. The fourth-order valence-electron chi connectivity index (χ4n) is 3.51. The smallest absolute Gasteiger partial charge is 0.151 e. The summed E-state index contributed by atoms with van der Waals surface area (Å²) >= 11 is 0. The molecule has 21 heavy (non-hydrogen) atoms. The summed E-state index contributed by atoms with van der Waals surface area (Å²) in [5, 5.41) is 0. The highest BCUT2D eigenvalue weighted by Crippen LogP contribution is 2.53. The van der Waals surface area contributed by atoms with Gasteiger partial charge in [-0.1, -0.05) is 48.5 Å². The van der Waals surface area contributed by atoms with Crippen molar-refractivity contribution in [3.63, 3.8) is 0 Å². The van der Waals surface area contributed by atoms with Crippen LogP contribution < -0.4 is 4.74 Å². The van der Waals surface area contributed by atoms with Crippen molar-refractivity contribution < 1.29 is 9.53 Å². The molecule has 0 spiro atoms. The van der Waals surface area contributed by atoms with Gasteiger partial charge < -0.3 is 4.74 Å². The number of rotatable bonds is 3. The van der Waals surface area contributed by atoms with Crippen molar-refractivity contribution in [2.45, 2.75) is 30.6 Å². The Hall–Kier alpha value is -2.09. The van der Waals surface area contributed by atoms with Gasteiger partial charge in [-0.3, -0.25) is 4.79 Å². The minimum Gasteiger partial charge on any atom is -0.493 e. The minimum atomic E-state index is -0.240. The van der Waals surface area contributed by atoms with E-state index in [1.54, 1.807) is 0 Å². The summed E-state index contributed by atoms with van der Waals surface area (Å²) in [6.07, 6.45) is 2.76. The van der Waals surface area contributed by atoms with E-state index in [0.29, 0.717) is 12.4 Å². The molecule has 1 aliphatic carbocycles. The van der Waals surface area contributed by atoms with E-state index in [2.05, 4.69) is 12.1 Å². The van der Waals surface area contributed by atoms with Crippen molar-refractivity contribution in [2.75, 3.05) is 6.61 Å². The van der Waals surface area contributed by atoms with Crippen molar-refractivity contribution in [3.05, 3.63) is 65.7 Å². The highest BCUT2D eigenvalue weighted by molar-refractivity contribution is 5.98. The molecule has 1 heterocycles. The van der Waals surface area contributed by atoms with Crippen molar-refractivity contribution in [1.29, 1.82) is 0 Å². The summed E-state index contributed by atoms with van der Waals surface area (Å²) in [4.78, 5) is 13.2. The number of carbonyl (C=O) groups excluding carboxylic acids is 1. The second-order valence-electron chi connectivity index (χ2n) is 6.04. The number of fused-ring (bicyclic) bond motifs is 1. The van der Waals surface area contributed by atoms with E-state index in [0.717, 1.165) is 30.6 Å². The van der Waals surface area contributed by atoms with Crippen LogP contribution in [0.1, 0.15) is 36.3 Å². The van der Waals surface area contributed by atoms with Gasteiger partial charge in [0.25, 0.3) is 0 Å². The number of para-hydroxylation sites is 1. The molecule has 2 aromatic carbocycles. The van der Waals surface area contributed by atoms with Gasteiger partial charge in [-0.15, -0.1) is 0 Å². The number of ether oxygens (including phenoxy) is 1. The van der Waals surface area contributed by atoms with Gasteiger partial charge in [-0.2, -0.15) is 0 Å². The third-order valence-corrected chi connectivity index (χ3v) is 4.82. The summed E-state index contributed by atoms with van der Waals surface area (Å²) in [6.45, 7) is 0.637. The molecule has 106 valence electrons. The van der Waals surface area contributed by atoms with E-state index >= 15 is 0 Å². The lowest BCUT2D eigenvalue weighted by atomic mass is 9.79. The first kappa shape index (κ1) is 12.6. The Bertz CT molecular complexity index is 671. The van der Waals surface area contributed by atoms with Crippen LogP contribution in [0.4, 0.5) is 0 Å². The fraction of sp³-hybridized carbons (Fsp3) is 0.316. The molecule has 0 bridgehead atoms. The molecule has 0 saturated heterocycles. The Kier molecular flexibility index (Phi) is 2.85. The Morgan fingerprint density at radius 2 is 1.71 bits per heavy atom. The summed E-state index contributed by atoms with van der Waals surface area (Å²) in [6, 6.07) is 18.2. The molecule has 1 aliphatic heterocycles. The second-order valence-corrected chi connectivity index (χ2v) is 6.04. The first-order valence-electron chi connectivity index (χ1n) is 7.63. The summed E-state index contributed by atoms with van der Waals surface area (Å²) in [7, 11) is 0. The molecule has 2 nitrogen and oxygen atoms in total. The van der Waals surface area contributed by atoms with E-state index in [1.807, 2.05) is 42.5 Å². The molecule has 1 fully saturated rings. The quantitative estimate of drug-likeness (QED) is 0.852. The highest BCUT2D eigenvalue weighted by Gasteiger charge is 2.53. The van der Waals surface area contributed by atoms with Crippen LogP contribution in [-0.4, -0.2) is 12.4 Å². The molecule has 1 saturated carbocycles. The lowest BCUT2D eigenvalue weighted by Crippen LogP contribution is -2.30. The highest BCUT2D eigenvalue weighted by atomic mass is 16.5. The number of carbonyl (C=O) groups is 1. The molecular formula is C19H18O2. The molecule has 2 aromatic rings. The Balaban J connectivity index is 1.71. The SMILES string of the molecule is O=C(C1CCOc2ccccc21)C1(c2ccccc2)CC1. The lowest BCUT2D eigenvalue weighted by molar-refractivity contribution is -0.123. The van der Waals surface area contributed by atoms with Gasteiger partial charge in [0.05, 0.1) is 17.9 Å². The third-order valence-electron chi connectivity index (χ3n) is 4.82. The lowest BCUT2D eigenvalue weighted by Gasteiger charge is -2.28. The van der Waals surface area contributed by atoms with Crippen LogP contribution >= 0.6 is 0 Å². The van der Waals surface area contributed by atoms with E-state index < -0.39 is 0 Å². The van der Waals surface area contributed by atoms with Crippen LogP contribution in [0.5, 0.6) is 5.75 Å². The molecule has 4 rings (SSSR count). The molecule has 1 unspecified atom stereocenters. The van der Waals surface area contributed by atoms with Crippen LogP contribution in [0.15, 0.2) is 54.6 Å². The average Bonchev–Trinajstić information content (AvgIpc) is 3.36.